The number of ether oxygens (including phenoxy) is 6. The Morgan fingerprint density at radius 2 is 1.19 bits per heavy atom. The summed E-state index contributed by atoms with van der Waals surface area (Å²) in [7, 11) is 0. The number of hydrogen-bond acceptors (Lipinski definition) is 7. The van der Waals surface area contributed by atoms with Gasteiger partial charge in [0, 0.05) is 10.6 Å². The lowest BCUT2D eigenvalue weighted by Crippen LogP contribution is -2.70. The number of hydrogen-bond donors (Lipinski definition) is 1. The molecule has 8 heteroatoms. The van der Waals surface area contributed by atoms with Gasteiger partial charge in [-0.25, -0.2) is 0 Å². The highest BCUT2D eigenvalue weighted by atomic mass is 35.5. The minimum absolute atomic E-state index is 0.260. The molecule has 53 heavy (non-hydrogen) atoms. The third-order valence-electron chi connectivity index (χ3n) is 10.3. The number of aliphatic hydroxyl groups is 1. The topological polar surface area (TPSA) is 75.6 Å². The molecule has 5 aromatic carbocycles. The van der Waals surface area contributed by atoms with Crippen LogP contribution in [0.3, 0.4) is 0 Å². The van der Waals surface area contributed by atoms with Crippen molar-refractivity contribution in [3.63, 3.8) is 0 Å². The van der Waals surface area contributed by atoms with E-state index in [1.807, 2.05) is 154 Å². The van der Waals surface area contributed by atoms with Crippen molar-refractivity contribution >= 4 is 11.6 Å². The second kappa shape index (κ2) is 16.1. The van der Waals surface area contributed by atoms with Gasteiger partial charge in [-0.2, -0.15) is 0 Å². The molecule has 0 spiro atoms. The Labute approximate surface area is 317 Å². The highest BCUT2D eigenvalue weighted by Crippen LogP contribution is 2.59. The number of aliphatic hydroxyl groups excluding tert-OH is 1. The van der Waals surface area contributed by atoms with Gasteiger partial charge < -0.3 is 33.5 Å². The molecule has 0 saturated carbocycles. The highest BCUT2D eigenvalue weighted by Gasteiger charge is 2.76. The third kappa shape index (κ3) is 7.66. The Kier molecular flexibility index (Phi) is 11.3. The minimum Gasteiger partial charge on any atom is -0.494 e. The van der Waals surface area contributed by atoms with E-state index < -0.39 is 35.3 Å². The van der Waals surface area contributed by atoms with E-state index in [0.29, 0.717) is 23.6 Å². The van der Waals surface area contributed by atoms with Gasteiger partial charge in [-0.3, -0.25) is 0 Å². The first-order valence-electron chi connectivity index (χ1n) is 18.3. The van der Waals surface area contributed by atoms with Crippen molar-refractivity contribution in [2.24, 2.45) is 0 Å². The Morgan fingerprint density at radius 3 is 1.74 bits per heavy atom. The monoisotopic (exact) mass is 734 g/mol. The molecule has 7 rings (SSSR count). The Morgan fingerprint density at radius 1 is 0.642 bits per heavy atom. The predicted molar refractivity (Wildman–Crippen MR) is 205 cm³/mol. The van der Waals surface area contributed by atoms with Crippen LogP contribution in [0, 0.1) is 0 Å². The lowest BCUT2D eigenvalue weighted by Gasteiger charge is -2.51. The van der Waals surface area contributed by atoms with Gasteiger partial charge in [0.15, 0.2) is 5.60 Å². The SMILES string of the molecule is CCOc1ccc(Cc2cc([C@]34OC(C)(C)[C@](CO)(O3)[C@@H](OCc3ccccc3)[C@H](OCc3ccccc3)[C@H]4OCc3ccccc3)ccc2Cl)cc1. The van der Waals surface area contributed by atoms with Crippen LogP contribution in [0.25, 0.3) is 0 Å². The average Bonchev–Trinajstić information content (AvgIpc) is 3.40. The van der Waals surface area contributed by atoms with Crippen LogP contribution in [0.15, 0.2) is 133 Å². The highest BCUT2D eigenvalue weighted by molar-refractivity contribution is 6.31. The summed E-state index contributed by atoms with van der Waals surface area (Å²) in [5.74, 6) is -0.691. The average molecular weight is 735 g/mol. The van der Waals surface area contributed by atoms with Crippen LogP contribution < -0.4 is 4.74 Å². The van der Waals surface area contributed by atoms with Gasteiger partial charge in [0.05, 0.1) is 33.0 Å². The van der Waals surface area contributed by atoms with E-state index in [0.717, 1.165) is 33.6 Å². The lowest BCUT2D eigenvalue weighted by atomic mass is 9.76. The van der Waals surface area contributed by atoms with Gasteiger partial charge in [0.25, 0.3) is 0 Å². The fourth-order valence-corrected chi connectivity index (χ4v) is 7.73. The largest absolute Gasteiger partial charge is 0.494 e. The van der Waals surface area contributed by atoms with E-state index in [4.69, 9.17) is 40.0 Å². The summed E-state index contributed by atoms with van der Waals surface area (Å²) < 4.78 is 40.8. The molecule has 2 heterocycles. The smallest absolute Gasteiger partial charge is 0.226 e. The normalized spacial score (nSPS) is 24.6. The maximum Gasteiger partial charge on any atom is 0.226 e. The van der Waals surface area contributed by atoms with Crippen molar-refractivity contribution in [3.05, 3.63) is 172 Å². The molecule has 1 N–H and O–H groups in total. The zero-order valence-corrected chi connectivity index (χ0v) is 31.2. The van der Waals surface area contributed by atoms with Crippen molar-refractivity contribution in [2.75, 3.05) is 13.2 Å². The predicted octanol–water partition coefficient (Wildman–Crippen LogP) is 8.81. The van der Waals surface area contributed by atoms with Gasteiger partial charge in [-0.05, 0) is 79.3 Å². The first kappa shape index (κ1) is 37.3. The molecule has 2 aliphatic rings. The van der Waals surface area contributed by atoms with Crippen molar-refractivity contribution < 1.29 is 33.5 Å². The maximum atomic E-state index is 11.5. The van der Waals surface area contributed by atoms with Crippen molar-refractivity contribution in [1.29, 1.82) is 0 Å². The number of halogens is 1. The summed E-state index contributed by atoms with van der Waals surface area (Å²) >= 11 is 6.90. The van der Waals surface area contributed by atoms with Crippen LogP contribution in [0.4, 0.5) is 0 Å². The van der Waals surface area contributed by atoms with E-state index >= 15 is 0 Å². The van der Waals surface area contributed by atoms with Crippen LogP contribution in [0.2, 0.25) is 5.02 Å². The fourth-order valence-electron chi connectivity index (χ4n) is 7.54. The van der Waals surface area contributed by atoms with E-state index in [9.17, 15) is 5.11 Å². The van der Waals surface area contributed by atoms with E-state index in [1.54, 1.807) is 0 Å². The molecule has 2 bridgehead atoms. The van der Waals surface area contributed by atoms with Gasteiger partial charge in [-0.15, -0.1) is 0 Å². The molecule has 2 saturated heterocycles. The molecule has 7 nitrogen and oxygen atoms in total. The van der Waals surface area contributed by atoms with Gasteiger partial charge >= 0.3 is 0 Å². The van der Waals surface area contributed by atoms with Gasteiger partial charge in [-0.1, -0.05) is 121 Å². The minimum atomic E-state index is -1.51. The van der Waals surface area contributed by atoms with Crippen LogP contribution in [0.1, 0.15) is 54.2 Å². The summed E-state index contributed by atoms with van der Waals surface area (Å²) in [6.45, 7) is 6.87. The van der Waals surface area contributed by atoms with E-state index in [-0.39, 0.29) is 26.4 Å². The zero-order valence-electron chi connectivity index (χ0n) is 30.5. The molecule has 0 amide bonds. The second-order valence-corrected chi connectivity index (χ2v) is 14.6. The second-order valence-electron chi connectivity index (χ2n) is 14.2. The van der Waals surface area contributed by atoms with Gasteiger partial charge in [0.2, 0.25) is 5.79 Å². The number of fused-ring (bicyclic) bond motifs is 2. The van der Waals surface area contributed by atoms with Crippen molar-refractivity contribution in [2.45, 2.75) is 82.3 Å². The first-order chi connectivity index (χ1) is 25.8. The Balaban J connectivity index is 1.33. The molecule has 2 aliphatic heterocycles. The Bertz CT molecular complexity index is 1920. The maximum absolute atomic E-state index is 11.5. The molecule has 5 atom stereocenters. The summed E-state index contributed by atoms with van der Waals surface area (Å²) in [5, 5.41) is 12.1. The molecular formula is C45H47ClO7. The molecule has 5 aromatic rings. The summed E-state index contributed by atoms with van der Waals surface area (Å²) in [6.07, 6.45) is -1.81. The molecule has 0 radical (unpaired) electrons. The lowest BCUT2D eigenvalue weighted by molar-refractivity contribution is -0.353. The first-order valence-corrected chi connectivity index (χ1v) is 18.6. The van der Waals surface area contributed by atoms with Crippen molar-refractivity contribution in [3.8, 4) is 5.75 Å². The standard InChI is InChI=1S/C45H47ClO7/c1-4-48-38-23-20-32(21-24-38)26-36-27-37(22-25-39(36)46)45-42(51-30-35-18-12-7-13-19-35)40(49-28-33-14-8-5-9-15-33)41(50-29-34-16-10-6-11-17-34)44(31-47,53-45)43(2,3)52-45/h5-25,27,40-42,47H,4,26,28-31H2,1-3H3/t40-,41-,42+,44+,45-/m0/s1. The molecule has 0 aliphatic carbocycles. The summed E-state index contributed by atoms with van der Waals surface area (Å²) in [5.41, 5.74) is 3.22. The molecule has 276 valence electrons. The van der Waals surface area contributed by atoms with E-state index in [1.165, 1.54) is 0 Å². The van der Waals surface area contributed by atoms with Crippen LogP contribution in [-0.2, 0) is 55.7 Å². The third-order valence-corrected chi connectivity index (χ3v) is 10.7. The quantitative estimate of drug-likeness (QED) is 0.115. The number of rotatable bonds is 15. The summed E-state index contributed by atoms with van der Waals surface area (Å²) in [6, 6.07) is 43.8. The fraction of sp³-hybridized carbons (Fsp3) is 0.333. The molecule has 2 fully saturated rings. The van der Waals surface area contributed by atoms with Crippen LogP contribution >= 0.6 is 11.6 Å². The summed E-state index contributed by atoms with van der Waals surface area (Å²) in [4.78, 5) is 0. The van der Waals surface area contributed by atoms with Crippen LogP contribution in [-0.4, -0.2) is 47.8 Å². The van der Waals surface area contributed by atoms with Crippen molar-refractivity contribution in [1.82, 2.24) is 0 Å². The Hall–Kier alpha value is -4.05. The zero-order chi connectivity index (χ0) is 36.9. The number of benzene rings is 5. The molecule has 0 unspecified atom stereocenters. The molecule has 0 aromatic heterocycles. The van der Waals surface area contributed by atoms with Crippen LogP contribution in [0.5, 0.6) is 5.75 Å². The van der Waals surface area contributed by atoms with Gasteiger partial charge in [0.1, 0.15) is 29.7 Å². The van der Waals surface area contributed by atoms with E-state index in [2.05, 4.69) is 0 Å². The molecular weight excluding hydrogens is 688 g/mol.